The Balaban J connectivity index is 2.06. The van der Waals surface area contributed by atoms with Gasteiger partial charge in [-0.25, -0.2) is 0 Å². The minimum absolute atomic E-state index is 0.214. The third kappa shape index (κ3) is 2.31. The molecule has 4 nitrogen and oxygen atoms in total. The molecular weight excluding hydrogens is 250 g/mol. The highest BCUT2D eigenvalue weighted by atomic mass is 16.3. The van der Waals surface area contributed by atoms with Gasteiger partial charge in [0.2, 0.25) is 0 Å². The summed E-state index contributed by atoms with van der Waals surface area (Å²) in [6.45, 7) is 1.06. The molecule has 0 saturated heterocycles. The quantitative estimate of drug-likeness (QED) is 0.877. The molecular formula is C16H21N3O. The Morgan fingerprint density at radius 3 is 2.80 bits per heavy atom. The van der Waals surface area contributed by atoms with Gasteiger partial charge in [-0.1, -0.05) is 18.2 Å². The highest BCUT2D eigenvalue weighted by Crippen LogP contribution is 2.37. The van der Waals surface area contributed by atoms with Crippen LogP contribution < -0.4 is 10.6 Å². The number of aliphatic hydroxyl groups is 1. The highest BCUT2D eigenvalue weighted by molar-refractivity contribution is 5.97. The average molecular weight is 271 g/mol. The van der Waals surface area contributed by atoms with E-state index in [2.05, 4.69) is 16.0 Å². The minimum Gasteiger partial charge on any atom is -0.396 e. The van der Waals surface area contributed by atoms with Gasteiger partial charge in [0, 0.05) is 24.6 Å². The molecule has 1 aromatic heterocycles. The lowest BCUT2D eigenvalue weighted by atomic mass is 9.90. The average Bonchev–Trinajstić information content (AvgIpc) is 2.42. The number of nitrogen functional groups attached to an aromatic ring is 1. The topological polar surface area (TPSA) is 62.4 Å². The Hall–Kier alpha value is -1.81. The van der Waals surface area contributed by atoms with Gasteiger partial charge in [-0.2, -0.15) is 0 Å². The van der Waals surface area contributed by atoms with Crippen molar-refractivity contribution in [2.24, 2.45) is 0 Å². The van der Waals surface area contributed by atoms with E-state index >= 15 is 0 Å². The van der Waals surface area contributed by atoms with Crippen LogP contribution in [0.15, 0.2) is 30.5 Å². The van der Waals surface area contributed by atoms with E-state index < -0.39 is 0 Å². The molecule has 0 amide bonds. The van der Waals surface area contributed by atoms with E-state index in [1.54, 1.807) is 6.20 Å². The number of nitrogens with zero attached hydrogens (tertiary/aromatic N) is 2. The third-order valence-corrected chi connectivity index (χ3v) is 4.14. The highest BCUT2D eigenvalue weighted by Gasteiger charge is 2.27. The van der Waals surface area contributed by atoms with Crippen molar-refractivity contribution in [3.8, 4) is 0 Å². The lowest BCUT2D eigenvalue weighted by Gasteiger charge is -2.40. The molecule has 0 unspecified atom stereocenters. The fraction of sp³-hybridized carbons (Fsp3) is 0.438. The molecule has 3 rings (SSSR count). The number of nitrogens with two attached hydrogens (primary N) is 1. The summed E-state index contributed by atoms with van der Waals surface area (Å²) in [7, 11) is 0. The summed E-state index contributed by atoms with van der Waals surface area (Å²) in [5.41, 5.74) is 9.01. The second-order valence-corrected chi connectivity index (χ2v) is 5.43. The first-order chi connectivity index (χ1) is 9.81. The molecule has 1 saturated carbocycles. The van der Waals surface area contributed by atoms with E-state index in [9.17, 15) is 0 Å². The number of aromatic nitrogens is 1. The number of benzene rings is 1. The van der Waals surface area contributed by atoms with E-state index in [4.69, 9.17) is 10.8 Å². The van der Waals surface area contributed by atoms with Crippen molar-refractivity contribution in [1.82, 2.24) is 4.98 Å². The fourth-order valence-electron chi connectivity index (χ4n) is 2.88. The van der Waals surface area contributed by atoms with Crippen molar-refractivity contribution < 1.29 is 5.11 Å². The van der Waals surface area contributed by atoms with Crippen molar-refractivity contribution in [3.05, 3.63) is 30.5 Å². The van der Waals surface area contributed by atoms with E-state index in [1.807, 2.05) is 18.2 Å². The molecule has 0 atom stereocenters. The summed E-state index contributed by atoms with van der Waals surface area (Å²) in [4.78, 5) is 6.78. The van der Waals surface area contributed by atoms with Crippen LogP contribution in [-0.4, -0.2) is 29.3 Å². The van der Waals surface area contributed by atoms with Crippen molar-refractivity contribution in [3.63, 3.8) is 0 Å². The summed E-state index contributed by atoms with van der Waals surface area (Å²) in [5.74, 6) is 0. The minimum atomic E-state index is 0.214. The zero-order chi connectivity index (χ0) is 13.9. The van der Waals surface area contributed by atoms with Gasteiger partial charge in [0.25, 0.3) is 0 Å². The van der Waals surface area contributed by atoms with E-state index in [-0.39, 0.29) is 6.61 Å². The monoisotopic (exact) mass is 271 g/mol. The van der Waals surface area contributed by atoms with Gasteiger partial charge in [-0.15, -0.1) is 0 Å². The normalized spacial score (nSPS) is 15.2. The number of hydrogen-bond donors (Lipinski definition) is 2. The first-order valence-corrected chi connectivity index (χ1v) is 7.32. The van der Waals surface area contributed by atoms with Crippen molar-refractivity contribution in [2.75, 3.05) is 23.8 Å². The van der Waals surface area contributed by atoms with Gasteiger partial charge in [-0.3, -0.25) is 4.98 Å². The van der Waals surface area contributed by atoms with E-state index in [0.717, 1.165) is 35.2 Å². The third-order valence-electron chi connectivity index (χ3n) is 4.14. The van der Waals surface area contributed by atoms with Gasteiger partial charge in [0.1, 0.15) is 0 Å². The van der Waals surface area contributed by atoms with Crippen LogP contribution in [0, 0.1) is 0 Å². The number of para-hydroxylation sites is 1. The standard InChI is InChI=1S/C16H21N3O/c17-14-11-18-15-8-2-1-7-13(15)16(14)19(9-4-10-20)12-5-3-6-12/h1-2,7-8,11-12,20H,3-6,9-10,17H2. The first-order valence-electron chi connectivity index (χ1n) is 7.32. The maximum atomic E-state index is 9.15. The van der Waals surface area contributed by atoms with Crippen LogP contribution in [0.5, 0.6) is 0 Å². The lowest BCUT2D eigenvalue weighted by molar-refractivity contribution is 0.283. The Bertz CT molecular complexity index is 595. The summed E-state index contributed by atoms with van der Waals surface area (Å²) in [6.07, 6.45) is 6.22. The summed E-state index contributed by atoms with van der Waals surface area (Å²) in [6, 6.07) is 8.67. The molecule has 106 valence electrons. The van der Waals surface area contributed by atoms with Crippen molar-refractivity contribution >= 4 is 22.3 Å². The van der Waals surface area contributed by atoms with Crippen LogP contribution in [0.2, 0.25) is 0 Å². The molecule has 1 aliphatic rings. The Labute approximate surface area is 119 Å². The van der Waals surface area contributed by atoms with Gasteiger partial charge < -0.3 is 15.7 Å². The predicted octanol–water partition coefficient (Wildman–Crippen LogP) is 2.56. The molecule has 20 heavy (non-hydrogen) atoms. The molecule has 1 heterocycles. The number of hydrogen-bond acceptors (Lipinski definition) is 4. The van der Waals surface area contributed by atoms with Crippen LogP contribution in [-0.2, 0) is 0 Å². The summed E-state index contributed by atoms with van der Waals surface area (Å²) in [5, 5.41) is 10.3. The van der Waals surface area contributed by atoms with Gasteiger partial charge in [0.15, 0.2) is 0 Å². The number of anilines is 2. The largest absolute Gasteiger partial charge is 0.396 e. The van der Waals surface area contributed by atoms with Gasteiger partial charge in [0.05, 0.1) is 23.1 Å². The van der Waals surface area contributed by atoms with Crippen LogP contribution in [0.1, 0.15) is 25.7 Å². The zero-order valence-electron chi connectivity index (χ0n) is 11.6. The van der Waals surface area contributed by atoms with E-state index in [0.29, 0.717) is 6.04 Å². The summed E-state index contributed by atoms with van der Waals surface area (Å²) >= 11 is 0. The number of aliphatic hydroxyl groups excluding tert-OH is 1. The number of pyridine rings is 1. The second kappa shape index (κ2) is 5.67. The lowest BCUT2D eigenvalue weighted by Crippen LogP contribution is -2.41. The Morgan fingerprint density at radius 1 is 1.30 bits per heavy atom. The molecule has 0 bridgehead atoms. The van der Waals surface area contributed by atoms with Crippen LogP contribution in [0.3, 0.4) is 0 Å². The van der Waals surface area contributed by atoms with Crippen molar-refractivity contribution in [1.29, 1.82) is 0 Å². The van der Waals surface area contributed by atoms with Crippen LogP contribution >= 0.6 is 0 Å². The van der Waals surface area contributed by atoms with Gasteiger partial charge >= 0.3 is 0 Å². The molecule has 1 fully saturated rings. The molecule has 0 aliphatic heterocycles. The molecule has 3 N–H and O–H groups in total. The predicted molar refractivity (Wildman–Crippen MR) is 82.8 cm³/mol. The molecule has 1 aromatic carbocycles. The first kappa shape index (κ1) is 13.2. The molecule has 0 radical (unpaired) electrons. The maximum Gasteiger partial charge on any atom is 0.0745 e. The second-order valence-electron chi connectivity index (χ2n) is 5.43. The fourth-order valence-corrected chi connectivity index (χ4v) is 2.88. The van der Waals surface area contributed by atoms with Crippen LogP contribution in [0.4, 0.5) is 11.4 Å². The van der Waals surface area contributed by atoms with Crippen molar-refractivity contribution in [2.45, 2.75) is 31.7 Å². The molecule has 0 spiro atoms. The van der Waals surface area contributed by atoms with Crippen LogP contribution in [0.25, 0.3) is 10.9 Å². The zero-order valence-corrected chi connectivity index (χ0v) is 11.6. The van der Waals surface area contributed by atoms with Gasteiger partial charge in [-0.05, 0) is 31.7 Å². The maximum absolute atomic E-state index is 9.15. The number of rotatable bonds is 5. The summed E-state index contributed by atoms with van der Waals surface area (Å²) < 4.78 is 0. The SMILES string of the molecule is Nc1cnc2ccccc2c1N(CCCO)C1CCC1. The molecule has 4 heteroatoms. The Kier molecular flexibility index (Phi) is 3.74. The molecule has 1 aliphatic carbocycles. The molecule has 2 aromatic rings. The van der Waals surface area contributed by atoms with E-state index in [1.165, 1.54) is 19.3 Å². The number of fused-ring (bicyclic) bond motifs is 1. The Morgan fingerprint density at radius 2 is 2.10 bits per heavy atom. The smallest absolute Gasteiger partial charge is 0.0745 e.